The first-order chi connectivity index (χ1) is 9.69. The molecule has 1 aliphatic heterocycles. The molecule has 2 N–H and O–H groups in total. The number of benzene rings is 2. The monoisotopic (exact) mass is 304 g/mol. The second-order valence-electron chi connectivity index (χ2n) is 4.49. The lowest BCUT2D eigenvalue weighted by atomic mass is 10.1. The SMILES string of the molecule is CNC1C(=O)Nc2cc(Sc3ccccc3Cl)ccc21. The largest absolute Gasteiger partial charge is 0.324 e. The zero-order valence-electron chi connectivity index (χ0n) is 10.8. The molecule has 3 rings (SSSR count). The van der Waals surface area contributed by atoms with E-state index in [2.05, 4.69) is 10.6 Å². The Morgan fingerprint density at radius 2 is 2.05 bits per heavy atom. The van der Waals surface area contributed by atoms with Crippen molar-refractivity contribution in [3.63, 3.8) is 0 Å². The fraction of sp³-hybridized carbons (Fsp3) is 0.133. The van der Waals surface area contributed by atoms with Crippen LogP contribution in [-0.4, -0.2) is 13.0 Å². The summed E-state index contributed by atoms with van der Waals surface area (Å²) < 4.78 is 0. The number of carbonyl (C=O) groups excluding carboxylic acids is 1. The van der Waals surface area contributed by atoms with Crippen LogP contribution in [0, 0.1) is 0 Å². The highest BCUT2D eigenvalue weighted by Gasteiger charge is 2.29. The van der Waals surface area contributed by atoms with E-state index in [-0.39, 0.29) is 11.9 Å². The molecule has 0 aliphatic carbocycles. The van der Waals surface area contributed by atoms with E-state index < -0.39 is 0 Å². The number of rotatable bonds is 3. The summed E-state index contributed by atoms with van der Waals surface area (Å²) in [5.41, 5.74) is 1.85. The van der Waals surface area contributed by atoms with Crippen LogP contribution in [0.2, 0.25) is 5.02 Å². The molecule has 1 atom stereocenters. The zero-order chi connectivity index (χ0) is 14.1. The molecule has 2 aromatic carbocycles. The molecule has 20 heavy (non-hydrogen) atoms. The molecule has 0 saturated heterocycles. The van der Waals surface area contributed by atoms with Crippen LogP contribution in [-0.2, 0) is 4.79 Å². The van der Waals surface area contributed by atoms with Crippen LogP contribution in [0.5, 0.6) is 0 Å². The molecule has 1 amide bonds. The van der Waals surface area contributed by atoms with Gasteiger partial charge in [-0.2, -0.15) is 0 Å². The van der Waals surface area contributed by atoms with Crippen molar-refractivity contribution in [1.82, 2.24) is 5.32 Å². The fourth-order valence-corrected chi connectivity index (χ4v) is 3.38. The first-order valence-corrected chi connectivity index (χ1v) is 7.43. The van der Waals surface area contributed by atoms with Gasteiger partial charge < -0.3 is 10.6 Å². The van der Waals surface area contributed by atoms with Crippen molar-refractivity contribution in [3.05, 3.63) is 53.1 Å². The molecular formula is C15H13ClN2OS. The van der Waals surface area contributed by atoms with E-state index in [9.17, 15) is 4.79 Å². The van der Waals surface area contributed by atoms with E-state index in [1.54, 1.807) is 18.8 Å². The number of nitrogens with one attached hydrogen (secondary N) is 2. The van der Waals surface area contributed by atoms with Gasteiger partial charge in [0.2, 0.25) is 5.91 Å². The highest BCUT2D eigenvalue weighted by molar-refractivity contribution is 7.99. The predicted octanol–water partition coefficient (Wildman–Crippen LogP) is 3.70. The average molecular weight is 305 g/mol. The molecule has 0 bridgehead atoms. The van der Waals surface area contributed by atoms with E-state index in [0.29, 0.717) is 0 Å². The van der Waals surface area contributed by atoms with Gasteiger partial charge in [-0.05, 0) is 31.3 Å². The van der Waals surface area contributed by atoms with Gasteiger partial charge in [-0.3, -0.25) is 4.79 Å². The molecule has 1 aliphatic rings. The van der Waals surface area contributed by atoms with E-state index in [0.717, 1.165) is 26.1 Å². The number of carbonyl (C=O) groups is 1. The molecule has 3 nitrogen and oxygen atoms in total. The maximum atomic E-state index is 11.8. The minimum atomic E-state index is -0.260. The van der Waals surface area contributed by atoms with E-state index in [4.69, 9.17) is 11.6 Å². The summed E-state index contributed by atoms with van der Waals surface area (Å²) in [6.07, 6.45) is 0. The first-order valence-electron chi connectivity index (χ1n) is 6.23. The van der Waals surface area contributed by atoms with Gasteiger partial charge in [0, 0.05) is 21.0 Å². The lowest BCUT2D eigenvalue weighted by Gasteiger charge is -2.08. The van der Waals surface area contributed by atoms with Crippen molar-refractivity contribution in [2.45, 2.75) is 15.8 Å². The van der Waals surface area contributed by atoms with Crippen molar-refractivity contribution in [2.75, 3.05) is 12.4 Å². The van der Waals surface area contributed by atoms with Crippen LogP contribution in [0.4, 0.5) is 5.69 Å². The fourth-order valence-electron chi connectivity index (χ4n) is 2.25. The highest BCUT2D eigenvalue weighted by Crippen LogP contribution is 2.38. The van der Waals surface area contributed by atoms with Gasteiger partial charge in [-0.1, -0.05) is 41.6 Å². The Kier molecular flexibility index (Phi) is 3.70. The van der Waals surface area contributed by atoms with E-state index in [1.807, 2.05) is 42.5 Å². The molecule has 0 aromatic heterocycles. The normalized spacial score (nSPS) is 16.9. The molecule has 0 spiro atoms. The Morgan fingerprint density at radius 3 is 2.80 bits per heavy atom. The van der Waals surface area contributed by atoms with Crippen LogP contribution >= 0.6 is 23.4 Å². The van der Waals surface area contributed by atoms with Gasteiger partial charge in [0.1, 0.15) is 6.04 Å². The van der Waals surface area contributed by atoms with Gasteiger partial charge in [0.05, 0.1) is 5.02 Å². The molecule has 1 unspecified atom stereocenters. The Bertz CT molecular complexity index is 675. The van der Waals surface area contributed by atoms with E-state index >= 15 is 0 Å². The lowest BCUT2D eigenvalue weighted by molar-refractivity contribution is -0.117. The number of likely N-dealkylation sites (N-methyl/N-ethyl adjacent to an activating group) is 1. The summed E-state index contributed by atoms with van der Waals surface area (Å²) >= 11 is 7.75. The van der Waals surface area contributed by atoms with Gasteiger partial charge >= 0.3 is 0 Å². The van der Waals surface area contributed by atoms with Gasteiger partial charge in [0.25, 0.3) is 0 Å². The molecule has 2 aromatic rings. The summed E-state index contributed by atoms with van der Waals surface area (Å²) in [7, 11) is 1.78. The minimum Gasteiger partial charge on any atom is -0.324 e. The third-order valence-electron chi connectivity index (χ3n) is 3.21. The van der Waals surface area contributed by atoms with Crippen molar-refractivity contribution < 1.29 is 4.79 Å². The quantitative estimate of drug-likeness (QED) is 0.908. The van der Waals surface area contributed by atoms with Gasteiger partial charge in [-0.25, -0.2) is 0 Å². The van der Waals surface area contributed by atoms with Crippen LogP contribution in [0.3, 0.4) is 0 Å². The summed E-state index contributed by atoms with van der Waals surface area (Å²) in [6, 6.07) is 13.4. The Morgan fingerprint density at radius 1 is 1.25 bits per heavy atom. The summed E-state index contributed by atoms with van der Waals surface area (Å²) in [4.78, 5) is 13.8. The molecule has 0 fully saturated rings. The third kappa shape index (κ3) is 2.42. The second-order valence-corrected chi connectivity index (χ2v) is 6.02. The standard InChI is InChI=1S/C15H13ClN2OS/c1-17-14-10-7-6-9(8-12(10)18-15(14)19)20-13-5-3-2-4-11(13)16/h2-8,14,17H,1H3,(H,18,19). The molecular weight excluding hydrogens is 292 g/mol. The van der Waals surface area contributed by atoms with Crippen LogP contribution < -0.4 is 10.6 Å². The number of amides is 1. The van der Waals surface area contributed by atoms with Gasteiger partial charge in [0.15, 0.2) is 0 Å². The van der Waals surface area contributed by atoms with Crippen molar-refractivity contribution in [3.8, 4) is 0 Å². The number of halogens is 1. The van der Waals surface area contributed by atoms with E-state index in [1.165, 1.54) is 0 Å². The Labute approximate surface area is 126 Å². The summed E-state index contributed by atoms with van der Waals surface area (Å²) in [5.74, 6) is -0.0117. The summed E-state index contributed by atoms with van der Waals surface area (Å²) in [5, 5.41) is 6.63. The number of anilines is 1. The molecule has 0 radical (unpaired) electrons. The Balaban J connectivity index is 1.90. The maximum absolute atomic E-state index is 11.8. The number of fused-ring (bicyclic) bond motifs is 1. The van der Waals surface area contributed by atoms with Crippen molar-refractivity contribution in [1.29, 1.82) is 0 Å². The van der Waals surface area contributed by atoms with Gasteiger partial charge in [-0.15, -0.1) is 0 Å². The smallest absolute Gasteiger partial charge is 0.246 e. The maximum Gasteiger partial charge on any atom is 0.246 e. The topological polar surface area (TPSA) is 41.1 Å². The van der Waals surface area contributed by atoms with Crippen LogP contribution in [0.25, 0.3) is 0 Å². The first kappa shape index (κ1) is 13.5. The Hall–Kier alpha value is -1.49. The molecule has 5 heteroatoms. The second kappa shape index (κ2) is 5.48. The molecule has 102 valence electrons. The lowest BCUT2D eigenvalue weighted by Crippen LogP contribution is -2.23. The summed E-state index contributed by atoms with van der Waals surface area (Å²) in [6.45, 7) is 0. The molecule has 1 heterocycles. The minimum absolute atomic E-state index is 0.0117. The number of hydrogen-bond acceptors (Lipinski definition) is 3. The zero-order valence-corrected chi connectivity index (χ0v) is 12.4. The highest BCUT2D eigenvalue weighted by atomic mass is 35.5. The van der Waals surface area contributed by atoms with Crippen molar-refractivity contribution in [2.24, 2.45) is 0 Å². The predicted molar refractivity (Wildman–Crippen MR) is 82.4 cm³/mol. The number of hydrogen-bond donors (Lipinski definition) is 2. The third-order valence-corrected chi connectivity index (χ3v) is 4.72. The van der Waals surface area contributed by atoms with Crippen LogP contribution in [0.1, 0.15) is 11.6 Å². The molecule has 0 saturated carbocycles. The van der Waals surface area contributed by atoms with Crippen molar-refractivity contribution >= 4 is 35.0 Å². The average Bonchev–Trinajstić information content (AvgIpc) is 2.76. The van der Waals surface area contributed by atoms with Crippen LogP contribution in [0.15, 0.2) is 52.3 Å².